The first-order valence-electron chi connectivity index (χ1n) is 4.32. The van der Waals surface area contributed by atoms with Crippen molar-refractivity contribution in [2.24, 2.45) is 0 Å². The number of carbonyl (C=O) groups excluding carboxylic acids is 1. The number of carbonyl (C=O) groups is 1. The summed E-state index contributed by atoms with van der Waals surface area (Å²) < 4.78 is 31.0. The molecule has 0 atom stereocenters. The van der Waals surface area contributed by atoms with Gasteiger partial charge in [-0.05, 0) is 18.2 Å². The smallest absolute Gasteiger partial charge is 0.295 e. The molecular formula is C9H12N2O4S. The van der Waals surface area contributed by atoms with E-state index in [2.05, 4.69) is 0 Å². The van der Waals surface area contributed by atoms with Crippen LogP contribution in [0.25, 0.3) is 0 Å². The van der Waals surface area contributed by atoms with Crippen LogP contribution in [0.3, 0.4) is 0 Å². The zero-order valence-electron chi connectivity index (χ0n) is 8.84. The molecule has 16 heavy (non-hydrogen) atoms. The summed E-state index contributed by atoms with van der Waals surface area (Å²) in [7, 11) is -1.49. The number of benzene rings is 1. The normalized spacial score (nSPS) is 11.2. The van der Waals surface area contributed by atoms with Crippen molar-refractivity contribution in [1.29, 1.82) is 0 Å². The summed E-state index contributed by atoms with van der Waals surface area (Å²) in [5.41, 5.74) is 5.56. The minimum absolute atomic E-state index is 0.146. The molecule has 6 nitrogen and oxygen atoms in total. The van der Waals surface area contributed by atoms with Crippen molar-refractivity contribution in [3.8, 4) is 0 Å². The van der Waals surface area contributed by atoms with Gasteiger partial charge in [-0.3, -0.25) is 9.35 Å². The van der Waals surface area contributed by atoms with Gasteiger partial charge in [-0.25, -0.2) is 0 Å². The monoisotopic (exact) mass is 244 g/mol. The Bertz CT molecular complexity index is 522. The maximum absolute atomic E-state index is 11.7. The van der Waals surface area contributed by atoms with Gasteiger partial charge >= 0.3 is 0 Å². The van der Waals surface area contributed by atoms with E-state index in [0.717, 1.165) is 6.07 Å². The molecule has 1 aromatic carbocycles. The maximum Gasteiger partial charge on any atom is 0.295 e. The molecule has 7 heteroatoms. The topological polar surface area (TPSA) is 101 Å². The molecule has 0 aliphatic carbocycles. The first kappa shape index (κ1) is 12.5. The number of rotatable bonds is 2. The van der Waals surface area contributed by atoms with E-state index in [-0.39, 0.29) is 11.3 Å². The number of hydrogen-bond donors (Lipinski definition) is 2. The molecule has 0 bridgehead atoms. The standard InChI is InChI=1S/C9H12N2O4S/c1-11(2)9(12)7-5-6(10)3-4-8(7)16(13,14)15/h3-5H,10H2,1-2H3,(H,13,14,15). The summed E-state index contributed by atoms with van der Waals surface area (Å²) in [4.78, 5) is 12.4. The molecule has 0 fully saturated rings. The number of amides is 1. The van der Waals surface area contributed by atoms with Crippen molar-refractivity contribution in [2.45, 2.75) is 4.90 Å². The highest BCUT2D eigenvalue weighted by atomic mass is 32.2. The second-order valence-electron chi connectivity index (χ2n) is 3.43. The minimum atomic E-state index is -4.43. The van der Waals surface area contributed by atoms with Gasteiger partial charge in [0.25, 0.3) is 16.0 Å². The highest BCUT2D eigenvalue weighted by molar-refractivity contribution is 7.86. The van der Waals surface area contributed by atoms with E-state index in [1.807, 2.05) is 0 Å². The van der Waals surface area contributed by atoms with Gasteiger partial charge in [-0.2, -0.15) is 8.42 Å². The number of nitrogens with two attached hydrogens (primary N) is 1. The number of nitrogens with zero attached hydrogens (tertiary/aromatic N) is 1. The number of hydrogen-bond acceptors (Lipinski definition) is 4. The van der Waals surface area contributed by atoms with E-state index in [9.17, 15) is 13.2 Å². The summed E-state index contributed by atoms with van der Waals surface area (Å²) in [5, 5.41) is 0. The van der Waals surface area contributed by atoms with Gasteiger partial charge in [0.2, 0.25) is 0 Å². The van der Waals surface area contributed by atoms with Gasteiger partial charge in [-0.1, -0.05) is 0 Å². The van der Waals surface area contributed by atoms with Crippen LogP contribution in [0.5, 0.6) is 0 Å². The molecule has 0 saturated carbocycles. The predicted octanol–water partition coefficient (Wildman–Crippen LogP) is 0.217. The van der Waals surface area contributed by atoms with Crippen LogP contribution in [0.15, 0.2) is 23.1 Å². The Labute approximate surface area is 93.4 Å². The third-order valence-corrected chi connectivity index (χ3v) is 2.83. The predicted molar refractivity (Wildman–Crippen MR) is 58.7 cm³/mol. The second-order valence-corrected chi connectivity index (χ2v) is 4.82. The molecule has 0 unspecified atom stereocenters. The van der Waals surface area contributed by atoms with Crippen molar-refractivity contribution >= 4 is 21.7 Å². The first-order valence-corrected chi connectivity index (χ1v) is 5.76. The van der Waals surface area contributed by atoms with Crippen LogP contribution in [-0.2, 0) is 10.1 Å². The SMILES string of the molecule is CN(C)C(=O)c1cc(N)ccc1S(=O)(=O)O. The molecule has 0 saturated heterocycles. The fraction of sp³-hybridized carbons (Fsp3) is 0.222. The third-order valence-electron chi connectivity index (χ3n) is 1.92. The molecule has 0 spiro atoms. The molecule has 1 amide bonds. The maximum atomic E-state index is 11.7. The largest absolute Gasteiger partial charge is 0.399 e. The van der Waals surface area contributed by atoms with Crippen molar-refractivity contribution in [3.63, 3.8) is 0 Å². The first-order chi connectivity index (χ1) is 7.23. The zero-order valence-corrected chi connectivity index (χ0v) is 9.65. The average Bonchev–Trinajstić information content (AvgIpc) is 2.14. The molecular weight excluding hydrogens is 232 g/mol. The summed E-state index contributed by atoms with van der Waals surface area (Å²) in [5.74, 6) is -0.542. The molecule has 88 valence electrons. The van der Waals surface area contributed by atoms with Crippen molar-refractivity contribution in [1.82, 2.24) is 4.90 Å². The zero-order chi connectivity index (χ0) is 12.5. The Kier molecular flexibility index (Phi) is 3.20. The van der Waals surface area contributed by atoms with Crippen LogP contribution in [-0.4, -0.2) is 37.9 Å². The molecule has 0 aliphatic rings. The van der Waals surface area contributed by atoms with Crippen LogP contribution < -0.4 is 5.73 Å². The van der Waals surface area contributed by atoms with Gasteiger partial charge in [0.05, 0.1) is 5.56 Å². The lowest BCUT2D eigenvalue weighted by molar-refractivity contribution is 0.0823. The Morgan fingerprint density at radius 3 is 2.38 bits per heavy atom. The Hall–Kier alpha value is -1.60. The lowest BCUT2D eigenvalue weighted by Gasteiger charge is -2.13. The van der Waals surface area contributed by atoms with E-state index < -0.39 is 20.9 Å². The summed E-state index contributed by atoms with van der Waals surface area (Å²) in [6, 6.07) is 3.61. The molecule has 0 radical (unpaired) electrons. The van der Waals surface area contributed by atoms with Gasteiger partial charge in [0, 0.05) is 19.8 Å². The molecule has 0 heterocycles. The van der Waals surface area contributed by atoms with Gasteiger partial charge < -0.3 is 10.6 Å². The highest BCUT2D eigenvalue weighted by Gasteiger charge is 2.21. The molecule has 3 N–H and O–H groups in total. The van der Waals surface area contributed by atoms with Crippen molar-refractivity contribution < 1.29 is 17.8 Å². The van der Waals surface area contributed by atoms with E-state index >= 15 is 0 Å². The van der Waals surface area contributed by atoms with Crippen molar-refractivity contribution in [3.05, 3.63) is 23.8 Å². The molecule has 0 aliphatic heterocycles. The molecule has 1 rings (SSSR count). The van der Waals surface area contributed by atoms with Crippen LogP contribution in [0.4, 0.5) is 5.69 Å². The summed E-state index contributed by atoms with van der Waals surface area (Å²) >= 11 is 0. The van der Waals surface area contributed by atoms with Crippen LogP contribution in [0.2, 0.25) is 0 Å². The molecule has 1 aromatic rings. The van der Waals surface area contributed by atoms with E-state index in [1.165, 1.54) is 31.1 Å². The summed E-state index contributed by atoms with van der Waals surface area (Å²) in [6.07, 6.45) is 0. The van der Waals surface area contributed by atoms with Gasteiger partial charge in [-0.15, -0.1) is 0 Å². The van der Waals surface area contributed by atoms with Crippen LogP contribution >= 0.6 is 0 Å². The number of anilines is 1. The Morgan fingerprint density at radius 1 is 1.38 bits per heavy atom. The Morgan fingerprint density at radius 2 is 1.94 bits per heavy atom. The number of nitrogen functional groups attached to an aromatic ring is 1. The average molecular weight is 244 g/mol. The fourth-order valence-electron chi connectivity index (χ4n) is 1.18. The van der Waals surface area contributed by atoms with Gasteiger partial charge in [0.15, 0.2) is 0 Å². The fourth-order valence-corrected chi connectivity index (χ4v) is 1.84. The highest BCUT2D eigenvalue weighted by Crippen LogP contribution is 2.19. The minimum Gasteiger partial charge on any atom is -0.399 e. The van der Waals surface area contributed by atoms with Crippen LogP contribution in [0, 0.1) is 0 Å². The van der Waals surface area contributed by atoms with E-state index in [4.69, 9.17) is 10.3 Å². The molecule has 0 aromatic heterocycles. The second kappa shape index (κ2) is 4.11. The lowest BCUT2D eigenvalue weighted by atomic mass is 10.2. The van der Waals surface area contributed by atoms with E-state index in [1.54, 1.807) is 0 Å². The summed E-state index contributed by atoms with van der Waals surface area (Å²) in [6.45, 7) is 0. The lowest BCUT2D eigenvalue weighted by Crippen LogP contribution is -2.24. The van der Waals surface area contributed by atoms with Crippen molar-refractivity contribution in [2.75, 3.05) is 19.8 Å². The third kappa shape index (κ3) is 2.50. The van der Waals surface area contributed by atoms with Crippen LogP contribution in [0.1, 0.15) is 10.4 Å². The Balaban J connectivity index is 3.47. The van der Waals surface area contributed by atoms with E-state index in [0.29, 0.717) is 0 Å². The van der Waals surface area contributed by atoms with Gasteiger partial charge in [0.1, 0.15) is 4.90 Å². The quantitative estimate of drug-likeness (QED) is 0.572.